The van der Waals surface area contributed by atoms with E-state index in [2.05, 4.69) is 0 Å². The van der Waals surface area contributed by atoms with Gasteiger partial charge < -0.3 is 0 Å². The Balaban J connectivity index is 4.24. The molecule has 0 spiro atoms. The lowest BCUT2D eigenvalue weighted by molar-refractivity contribution is 0.382. The molecule has 0 aliphatic heterocycles. The van der Waals surface area contributed by atoms with Crippen LogP contribution in [-0.2, 0) is 10.0 Å². The molecule has 0 rings (SSSR count). The number of hydrogen-bond donors (Lipinski definition) is 1. The van der Waals surface area contributed by atoms with E-state index in [0.717, 1.165) is 0 Å². The Hall–Kier alpha value is -0.130. The van der Waals surface area contributed by atoms with Crippen molar-refractivity contribution in [1.29, 1.82) is 0 Å². The largest absolute Gasteiger partial charge is 0.293 e. The van der Waals surface area contributed by atoms with E-state index in [-0.39, 0.29) is 0 Å². The lowest BCUT2D eigenvalue weighted by atomic mass is 10.7. The summed E-state index contributed by atoms with van der Waals surface area (Å²) in [6.45, 7) is 1.54. The molecule has 4 nitrogen and oxygen atoms in total. The molecule has 0 aliphatic rings. The van der Waals surface area contributed by atoms with Crippen LogP contribution in [-0.4, -0.2) is 32.8 Å². The van der Waals surface area contributed by atoms with Gasteiger partial charge in [-0.1, -0.05) is 0 Å². The summed E-state index contributed by atoms with van der Waals surface area (Å²) in [7, 11) is -0.0526. The van der Waals surface area contributed by atoms with Gasteiger partial charge in [-0.3, -0.25) is 4.90 Å². The van der Waals surface area contributed by atoms with Crippen LogP contribution in [0, 0.1) is 0 Å². The minimum Gasteiger partial charge on any atom is -0.293 e. The Kier molecular flexibility index (Phi) is 2.60. The summed E-state index contributed by atoms with van der Waals surface area (Å²) in [5.74, 6) is 0. The highest BCUT2D eigenvalue weighted by Crippen LogP contribution is 1.95. The Morgan fingerprint density at radius 2 is 1.78 bits per heavy atom. The zero-order valence-corrected chi connectivity index (χ0v) is 6.64. The van der Waals surface area contributed by atoms with Crippen LogP contribution >= 0.6 is 0 Å². The minimum atomic E-state index is -3.38. The zero-order chi connectivity index (χ0) is 7.65. The maximum absolute atomic E-state index is 10.5. The first kappa shape index (κ1) is 8.87. The van der Waals surface area contributed by atoms with Gasteiger partial charge in [0.1, 0.15) is 5.37 Å². The predicted molar refractivity (Wildman–Crippen MR) is 36.3 cm³/mol. The number of primary sulfonamides is 1. The summed E-state index contributed by atoms with van der Waals surface area (Å²) in [6.07, 6.45) is 0. The van der Waals surface area contributed by atoms with Crippen molar-refractivity contribution in [1.82, 2.24) is 4.90 Å². The number of rotatable bonds is 2. The third-order valence-corrected chi connectivity index (χ3v) is 2.58. The fourth-order valence-corrected chi connectivity index (χ4v) is 0.882. The summed E-state index contributed by atoms with van der Waals surface area (Å²) < 4.78 is 21.0. The van der Waals surface area contributed by atoms with Crippen LogP contribution in [0.4, 0.5) is 0 Å². The van der Waals surface area contributed by atoms with Crippen molar-refractivity contribution in [2.24, 2.45) is 5.14 Å². The maximum Gasteiger partial charge on any atom is 0.225 e. The molecule has 0 amide bonds. The standard InChI is InChI=1S/C4H12N2O2S/c1-4(6(2)3)9(5,7)8/h4H,1-3H3,(H2,5,7,8). The molecule has 0 aromatic rings. The summed E-state index contributed by atoms with van der Waals surface area (Å²) in [5.41, 5.74) is 0. The first-order valence-electron chi connectivity index (χ1n) is 2.53. The fraction of sp³-hybridized carbons (Fsp3) is 1.00. The monoisotopic (exact) mass is 152 g/mol. The second kappa shape index (κ2) is 2.64. The normalized spacial score (nSPS) is 16.1. The highest BCUT2D eigenvalue weighted by Gasteiger charge is 2.16. The van der Waals surface area contributed by atoms with Crippen LogP contribution in [0.25, 0.3) is 0 Å². The average molecular weight is 152 g/mol. The molecule has 1 atom stereocenters. The summed E-state index contributed by atoms with van der Waals surface area (Å²) in [6, 6.07) is 0. The van der Waals surface area contributed by atoms with Gasteiger partial charge >= 0.3 is 0 Å². The van der Waals surface area contributed by atoms with Gasteiger partial charge in [0.25, 0.3) is 0 Å². The Morgan fingerprint density at radius 3 is 1.78 bits per heavy atom. The third kappa shape index (κ3) is 2.78. The minimum absolute atomic E-state index is 0.600. The van der Waals surface area contributed by atoms with Gasteiger partial charge in [0.15, 0.2) is 0 Å². The van der Waals surface area contributed by atoms with Crippen molar-refractivity contribution >= 4 is 10.0 Å². The van der Waals surface area contributed by atoms with E-state index in [1.165, 1.54) is 11.8 Å². The highest BCUT2D eigenvalue weighted by molar-refractivity contribution is 7.89. The van der Waals surface area contributed by atoms with Crippen LogP contribution in [0.1, 0.15) is 6.92 Å². The van der Waals surface area contributed by atoms with Crippen LogP contribution in [0.5, 0.6) is 0 Å². The lowest BCUT2D eigenvalue weighted by Crippen LogP contribution is -2.37. The molecule has 5 heteroatoms. The van der Waals surface area contributed by atoms with Crippen molar-refractivity contribution in [3.05, 3.63) is 0 Å². The quantitative estimate of drug-likeness (QED) is 0.562. The Bertz CT molecular complexity index is 173. The average Bonchev–Trinajstić information content (AvgIpc) is 1.62. The predicted octanol–water partition coefficient (Wildman–Crippen LogP) is -0.817. The third-order valence-electron chi connectivity index (χ3n) is 1.20. The van der Waals surface area contributed by atoms with Crippen molar-refractivity contribution in [3.8, 4) is 0 Å². The highest BCUT2D eigenvalue weighted by atomic mass is 32.2. The van der Waals surface area contributed by atoms with E-state index < -0.39 is 15.4 Å². The topological polar surface area (TPSA) is 63.4 Å². The molecule has 0 saturated carbocycles. The van der Waals surface area contributed by atoms with Gasteiger partial charge in [-0.15, -0.1) is 0 Å². The number of sulfonamides is 1. The SMILES string of the molecule is CC(N(C)C)S(N)(=O)=O. The van der Waals surface area contributed by atoms with Crippen LogP contribution in [0.3, 0.4) is 0 Å². The number of hydrogen-bond acceptors (Lipinski definition) is 3. The lowest BCUT2D eigenvalue weighted by Gasteiger charge is -2.16. The maximum atomic E-state index is 10.5. The zero-order valence-electron chi connectivity index (χ0n) is 5.83. The molecule has 0 fully saturated rings. The molecule has 2 N–H and O–H groups in total. The van der Waals surface area contributed by atoms with E-state index in [0.29, 0.717) is 0 Å². The van der Waals surface area contributed by atoms with E-state index in [1.54, 1.807) is 14.1 Å². The van der Waals surface area contributed by atoms with Crippen LogP contribution in [0.2, 0.25) is 0 Å². The molecule has 0 radical (unpaired) electrons. The molecule has 9 heavy (non-hydrogen) atoms. The molecule has 56 valence electrons. The molecule has 0 aliphatic carbocycles. The Morgan fingerprint density at radius 1 is 1.44 bits per heavy atom. The van der Waals surface area contributed by atoms with E-state index >= 15 is 0 Å². The molecular formula is C4H12N2O2S. The molecular weight excluding hydrogens is 140 g/mol. The molecule has 0 aromatic carbocycles. The van der Waals surface area contributed by atoms with E-state index in [4.69, 9.17) is 5.14 Å². The van der Waals surface area contributed by atoms with Gasteiger partial charge in [-0.2, -0.15) is 0 Å². The van der Waals surface area contributed by atoms with E-state index in [1.807, 2.05) is 0 Å². The second-order valence-electron chi connectivity index (χ2n) is 2.15. The molecule has 0 saturated heterocycles. The van der Waals surface area contributed by atoms with Crippen molar-refractivity contribution in [2.45, 2.75) is 12.3 Å². The van der Waals surface area contributed by atoms with Crippen molar-refractivity contribution in [2.75, 3.05) is 14.1 Å². The van der Waals surface area contributed by atoms with Gasteiger partial charge in [0, 0.05) is 0 Å². The molecule has 1 unspecified atom stereocenters. The number of nitrogens with two attached hydrogens (primary N) is 1. The van der Waals surface area contributed by atoms with Crippen molar-refractivity contribution in [3.63, 3.8) is 0 Å². The first-order chi connectivity index (χ1) is 3.85. The fourth-order valence-electron chi connectivity index (χ4n) is 0.294. The number of nitrogens with zero attached hydrogens (tertiary/aromatic N) is 1. The van der Waals surface area contributed by atoms with Gasteiger partial charge in [-0.25, -0.2) is 13.6 Å². The van der Waals surface area contributed by atoms with Crippen LogP contribution in [0.15, 0.2) is 0 Å². The first-order valence-corrected chi connectivity index (χ1v) is 4.14. The van der Waals surface area contributed by atoms with Gasteiger partial charge in [-0.05, 0) is 21.0 Å². The van der Waals surface area contributed by atoms with Crippen molar-refractivity contribution < 1.29 is 8.42 Å². The second-order valence-corrected chi connectivity index (χ2v) is 4.01. The summed E-state index contributed by atoms with van der Waals surface area (Å²) in [5, 5.41) is 4.21. The smallest absolute Gasteiger partial charge is 0.225 e. The van der Waals surface area contributed by atoms with Crippen LogP contribution < -0.4 is 5.14 Å². The molecule has 0 heterocycles. The summed E-state index contributed by atoms with van der Waals surface area (Å²) >= 11 is 0. The molecule has 0 aromatic heterocycles. The summed E-state index contributed by atoms with van der Waals surface area (Å²) in [4.78, 5) is 1.54. The molecule has 0 bridgehead atoms. The van der Waals surface area contributed by atoms with E-state index in [9.17, 15) is 8.42 Å². The van der Waals surface area contributed by atoms with Gasteiger partial charge in [0.05, 0.1) is 0 Å². The Labute approximate surface area is 55.7 Å². The van der Waals surface area contributed by atoms with Gasteiger partial charge in [0.2, 0.25) is 10.0 Å².